The number of carbonyl (C=O) groups excluding carboxylic acids is 1. The standard InChI is InChI=1S/C11H20N2O2/c1-5-11(4,8-12)10(15)13(6-7-14)9(2)3/h9,14H,5-7H2,1-4H3. The van der Waals surface area contributed by atoms with Gasteiger partial charge >= 0.3 is 0 Å². The SMILES string of the molecule is CCC(C)(C#N)C(=O)N(CCO)C(C)C. The predicted octanol–water partition coefficient (Wildman–Crippen LogP) is 1.16. The monoisotopic (exact) mass is 212 g/mol. The van der Waals surface area contributed by atoms with Crippen LogP contribution in [0.25, 0.3) is 0 Å². The van der Waals surface area contributed by atoms with E-state index in [1.807, 2.05) is 26.8 Å². The molecule has 0 radical (unpaired) electrons. The molecule has 1 atom stereocenters. The number of nitriles is 1. The lowest BCUT2D eigenvalue weighted by molar-refractivity contribution is -0.140. The van der Waals surface area contributed by atoms with Gasteiger partial charge < -0.3 is 10.0 Å². The molecule has 0 aromatic rings. The predicted molar refractivity (Wildman–Crippen MR) is 57.9 cm³/mol. The molecule has 1 amide bonds. The van der Waals surface area contributed by atoms with E-state index in [0.717, 1.165) is 0 Å². The molecule has 0 aromatic heterocycles. The number of amides is 1. The Kier molecular flexibility index (Phi) is 5.31. The first kappa shape index (κ1) is 13.9. The van der Waals surface area contributed by atoms with Gasteiger partial charge in [-0.25, -0.2) is 0 Å². The van der Waals surface area contributed by atoms with Crippen molar-refractivity contribution in [2.24, 2.45) is 5.41 Å². The number of nitrogens with zero attached hydrogens (tertiary/aromatic N) is 2. The molecule has 86 valence electrons. The highest BCUT2D eigenvalue weighted by Gasteiger charge is 2.35. The Morgan fingerprint density at radius 2 is 2.13 bits per heavy atom. The molecule has 4 nitrogen and oxygen atoms in total. The van der Waals surface area contributed by atoms with Crippen LogP contribution >= 0.6 is 0 Å². The van der Waals surface area contributed by atoms with Gasteiger partial charge in [-0.05, 0) is 27.2 Å². The molecule has 1 unspecified atom stereocenters. The third kappa shape index (κ3) is 3.21. The van der Waals surface area contributed by atoms with Crippen molar-refractivity contribution >= 4 is 5.91 Å². The Morgan fingerprint density at radius 3 is 2.40 bits per heavy atom. The van der Waals surface area contributed by atoms with Gasteiger partial charge in [0.2, 0.25) is 5.91 Å². The van der Waals surface area contributed by atoms with E-state index < -0.39 is 5.41 Å². The van der Waals surface area contributed by atoms with Crippen molar-refractivity contribution in [3.8, 4) is 6.07 Å². The Labute approximate surface area is 91.5 Å². The van der Waals surface area contributed by atoms with Crippen molar-refractivity contribution in [2.45, 2.75) is 40.2 Å². The normalized spacial score (nSPS) is 14.5. The number of carbonyl (C=O) groups is 1. The smallest absolute Gasteiger partial charge is 0.243 e. The van der Waals surface area contributed by atoms with Gasteiger partial charge in [0.15, 0.2) is 0 Å². The van der Waals surface area contributed by atoms with Crippen LogP contribution in [0.2, 0.25) is 0 Å². The number of aliphatic hydroxyl groups excluding tert-OH is 1. The van der Waals surface area contributed by atoms with Gasteiger partial charge in [0, 0.05) is 12.6 Å². The largest absolute Gasteiger partial charge is 0.395 e. The lowest BCUT2D eigenvalue weighted by atomic mass is 9.87. The van der Waals surface area contributed by atoms with Crippen molar-refractivity contribution in [3.05, 3.63) is 0 Å². The summed E-state index contributed by atoms with van der Waals surface area (Å²) in [5, 5.41) is 17.9. The van der Waals surface area contributed by atoms with Gasteiger partial charge in [-0.3, -0.25) is 4.79 Å². The highest BCUT2D eigenvalue weighted by atomic mass is 16.3. The van der Waals surface area contributed by atoms with Crippen molar-refractivity contribution < 1.29 is 9.90 Å². The van der Waals surface area contributed by atoms with E-state index in [1.165, 1.54) is 0 Å². The zero-order valence-electron chi connectivity index (χ0n) is 9.95. The summed E-state index contributed by atoms with van der Waals surface area (Å²) in [6.45, 7) is 7.42. The lowest BCUT2D eigenvalue weighted by Gasteiger charge is -2.32. The Balaban J connectivity index is 4.86. The van der Waals surface area contributed by atoms with E-state index in [1.54, 1.807) is 11.8 Å². The minimum absolute atomic E-state index is 0.00359. The molecule has 0 aliphatic carbocycles. The van der Waals surface area contributed by atoms with Crippen LogP contribution < -0.4 is 0 Å². The zero-order valence-corrected chi connectivity index (χ0v) is 9.95. The maximum Gasteiger partial charge on any atom is 0.243 e. The van der Waals surface area contributed by atoms with E-state index in [0.29, 0.717) is 6.42 Å². The molecule has 0 bridgehead atoms. The fraction of sp³-hybridized carbons (Fsp3) is 0.818. The molecule has 0 aliphatic heterocycles. The Bertz CT molecular complexity index is 258. The molecule has 0 saturated heterocycles. The number of hydrogen-bond donors (Lipinski definition) is 1. The van der Waals surface area contributed by atoms with Crippen LogP contribution in [0.4, 0.5) is 0 Å². The summed E-state index contributed by atoms with van der Waals surface area (Å²) in [5.41, 5.74) is -0.973. The fourth-order valence-corrected chi connectivity index (χ4v) is 1.30. The third-order valence-corrected chi connectivity index (χ3v) is 2.65. The summed E-state index contributed by atoms with van der Waals surface area (Å²) in [4.78, 5) is 13.6. The van der Waals surface area contributed by atoms with Crippen LogP contribution in [-0.4, -0.2) is 35.1 Å². The Morgan fingerprint density at radius 1 is 1.60 bits per heavy atom. The molecule has 15 heavy (non-hydrogen) atoms. The molecule has 0 aliphatic rings. The minimum atomic E-state index is -0.973. The molecule has 1 N–H and O–H groups in total. The second-order valence-corrected chi connectivity index (χ2v) is 4.11. The second-order valence-electron chi connectivity index (χ2n) is 4.11. The quantitative estimate of drug-likeness (QED) is 0.743. The molecule has 0 fully saturated rings. The van der Waals surface area contributed by atoms with Gasteiger partial charge in [-0.2, -0.15) is 5.26 Å². The van der Waals surface area contributed by atoms with Crippen LogP contribution in [0, 0.1) is 16.7 Å². The van der Waals surface area contributed by atoms with Crippen LogP contribution in [0.5, 0.6) is 0 Å². The number of rotatable bonds is 5. The zero-order chi connectivity index (χ0) is 12.1. The summed E-state index contributed by atoms with van der Waals surface area (Å²) in [6.07, 6.45) is 0.483. The van der Waals surface area contributed by atoms with E-state index in [-0.39, 0.29) is 25.1 Å². The fourth-order valence-electron chi connectivity index (χ4n) is 1.30. The first-order valence-electron chi connectivity index (χ1n) is 5.26. The minimum Gasteiger partial charge on any atom is -0.395 e. The van der Waals surface area contributed by atoms with Crippen molar-refractivity contribution in [1.82, 2.24) is 4.90 Å². The average molecular weight is 212 g/mol. The van der Waals surface area contributed by atoms with Crippen LogP contribution in [0.3, 0.4) is 0 Å². The van der Waals surface area contributed by atoms with Crippen molar-refractivity contribution in [2.75, 3.05) is 13.2 Å². The second kappa shape index (κ2) is 5.72. The van der Waals surface area contributed by atoms with Crippen molar-refractivity contribution in [3.63, 3.8) is 0 Å². The summed E-state index contributed by atoms with van der Waals surface area (Å²) in [6, 6.07) is 2.05. The van der Waals surface area contributed by atoms with Gasteiger partial charge in [0.1, 0.15) is 5.41 Å². The molecule has 0 saturated carbocycles. The number of hydrogen-bond acceptors (Lipinski definition) is 3. The molecule has 0 heterocycles. The van der Waals surface area contributed by atoms with E-state index in [9.17, 15) is 4.79 Å². The van der Waals surface area contributed by atoms with E-state index in [2.05, 4.69) is 0 Å². The maximum atomic E-state index is 12.1. The third-order valence-electron chi connectivity index (χ3n) is 2.65. The van der Waals surface area contributed by atoms with E-state index >= 15 is 0 Å². The Hall–Kier alpha value is -1.08. The maximum absolute atomic E-state index is 12.1. The summed E-state index contributed by atoms with van der Waals surface area (Å²) in [7, 11) is 0. The van der Waals surface area contributed by atoms with Gasteiger partial charge in [-0.1, -0.05) is 6.92 Å². The molecule has 4 heteroatoms. The van der Waals surface area contributed by atoms with Crippen LogP contribution in [0.1, 0.15) is 34.1 Å². The van der Waals surface area contributed by atoms with Crippen molar-refractivity contribution in [1.29, 1.82) is 5.26 Å². The van der Waals surface area contributed by atoms with Gasteiger partial charge in [0.25, 0.3) is 0 Å². The molecular weight excluding hydrogens is 192 g/mol. The highest BCUT2D eigenvalue weighted by molar-refractivity contribution is 5.85. The molecule has 0 spiro atoms. The van der Waals surface area contributed by atoms with E-state index in [4.69, 9.17) is 10.4 Å². The lowest BCUT2D eigenvalue weighted by Crippen LogP contribution is -2.46. The van der Waals surface area contributed by atoms with Gasteiger partial charge in [0.05, 0.1) is 12.7 Å². The van der Waals surface area contributed by atoms with Crippen LogP contribution in [0.15, 0.2) is 0 Å². The number of aliphatic hydroxyl groups is 1. The molecule has 0 rings (SSSR count). The first-order chi connectivity index (χ1) is 6.92. The summed E-state index contributed by atoms with van der Waals surface area (Å²) < 4.78 is 0. The van der Waals surface area contributed by atoms with Gasteiger partial charge in [-0.15, -0.1) is 0 Å². The molecule has 0 aromatic carbocycles. The molecular formula is C11H20N2O2. The highest BCUT2D eigenvalue weighted by Crippen LogP contribution is 2.23. The summed E-state index contributed by atoms with van der Waals surface area (Å²) in [5.74, 6) is -0.198. The van der Waals surface area contributed by atoms with Crippen LogP contribution in [-0.2, 0) is 4.79 Å². The topological polar surface area (TPSA) is 64.3 Å². The first-order valence-corrected chi connectivity index (χ1v) is 5.26. The summed E-state index contributed by atoms with van der Waals surface area (Å²) >= 11 is 0. The average Bonchev–Trinajstić information content (AvgIpc) is 2.23.